The van der Waals surface area contributed by atoms with Crippen molar-refractivity contribution in [3.05, 3.63) is 46.2 Å². The van der Waals surface area contributed by atoms with Gasteiger partial charge in [-0.15, -0.1) is 0 Å². The average Bonchev–Trinajstić information content (AvgIpc) is 2.32. The number of nitrogens with one attached hydrogen (secondary N) is 1. The zero-order valence-corrected chi connectivity index (χ0v) is 12.1. The van der Waals surface area contributed by atoms with E-state index in [1.165, 1.54) is 12.3 Å². The van der Waals surface area contributed by atoms with Crippen molar-refractivity contribution in [1.82, 2.24) is 4.98 Å². The molecule has 0 saturated heterocycles. The second-order valence-corrected chi connectivity index (χ2v) is 6.24. The highest BCUT2D eigenvalue weighted by Crippen LogP contribution is 2.22. The van der Waals surface area contributed by atoms with Crippen LogP contribution in [0.25, 0.3) is 0 Å². The Balaban J connectivity index is 2.40. The number of rotatable bonds is 3. The van der Waals surface area contributed by atoms with Gasteiger partial charge in [-0.3, -0.25) is 4.72 Å². The van der Waals surface area contributed by atoms with Gasteiger partial charge in [-0.25, -0.2) is 4.98 Å². The Bertz CT molecular complexity index is 673. The number of pyridine rings is 1. The van der Waals surface area contributed by atoms with Crippen molar-refractivity contribution < 1.29 is 8.42 Å². The Hall–Kier alpha value is -1.35. The first-order valence-corrected chi connectivity index (χ1v) is 7.55. The van der Waals surface area contributed by atoms with Gasteiger partial charge in [0.05, 0.1) is 11.4 Å². The summed E-state index contributed by atoms with van der Waals surface area (Å²) >= 11 is 2.05. The number of halogens is 1. The highest BCUT2D eigenvalue weighted by molar-refractivity contribution is 14.1. The SMILES string of the molecule is Nc1cccnc1S(=O)(=O)Nc1ccccc1I. The van der Waals surface area contributed by atoms with Gasteiger partial charge in [0.1, 0.15) is 0 Å². The molecule has 0 bridgehead atoms. The molecule has 0 radical (unpaired) electrons. The summed E-state index contributed by atoms with van der Waals surface area (Å²) in [5.41, 5.74) is 6.24. The zero-order valence-electron chi connectivity index (χ0n) is 9.17. The van der Waals surface area contributed by atoms with E-state index in [0.717, 1.165) is 3.57 Å². The molecule has 5 nitrogen and oxygen atoms in total. The molecular weight excluding hydrogens is 365 g/mol. The van der Waals surface area contributed by atoms with Crippen LogP contribution in [0.3, 0.4) is 0 Å². The molecule has 2 aromatic rings. The number of nitrogen functional groups attached to an aromatic ring is 1. The molecule has 2 rings (SSSR count). The number of hydrogen-bond donors (Lipinski definition) is 2. The first kappa shape index (κ1) is 13.1. The lowest BCUT2D eigenvalue weighted by Crippen LogP contribution is -2.16. The number of hydrogen-bond acceptors (Lipinski definition) is 4. The third-order valence-corrected chi connectivity index (χ3v) is 4.45. The molecule has 3 N–H and O–H groups in total. The van der Waals surface area contributed by atoms with Crippen molar-refractivity contribution in [3.63, 3.8) is 0 Å². The number of anilines is 2. The maximum absolute atomic E-state index is 12.1. The Morgan fingerprint density at radius 3 is 2.56 bits per heavy atom. The van der Waals surface area contributed by atoms with Crippen molar-refractivity contribution >= 4 is 44.0 Å². The van der Waals surface area contributed by atoms with Crippen molar-refractivity contribution in [1.29, 1.82) is 0 Å². The minimum atomic E-state index is -3.76. The van der Waals surface area contributed by atoms with Crippen LogP contribution in [0.2, 0.25) is 0 Å². The molecule has 1 heterocycles. The van der Waals surface area contributed by atoms with Gasteiger partial charge in [-0.05, 0) is 46.9 Å². The fourth-order valence-corrected chi connectivity index (χ4v) is 3.21. The van der Waals surface area contributed by atoms with Gasteiger partial charge in [-0.1, -0.05) is 12.1 Å². The molecule has 0 spiro atoms. The number of nitrogens with two attached hydrogens (primary N) is 1. The quantitative estimate of drug-likeness (QED) is 0.805. The summed E-state index contributed by atoms with van der Waals surface area (Å²) in [5.74, 6) is 0. The molecule has 1 aromatic heterocycles. The minimum Gasteiger partial charge on any atom is -0.396 e. The van der Waals surface area contributed by atoms with Gasteiger partial charge in [0.2, 0.25) is 0 Å². The smallest absolute Gasteiger partial charge is 0.281 e. The van der Waals surface area contributed by atoms with Crippen LogP contribution in [0.5, 0.6) is 0 Å². The predicted octanol–water partition coefficient (Wildman–Crippen LogP) is 2.07. The third kappa shape index (κ3) is 2.72. The van der Waals surface area contributed by atoms with Gasteiger partial charge in [0.25, 0.3) is 10.0 Å². The fourth-order valence-electron chi connectivity index (χ4n) is 1.36. The molecule has 0 atom stereocenters. The number of sulfonamides is 1. The van der Waals surface area contributed by atoms with E-state index >= 15 is 0 Å². The van der Waals surface area contributed by atoms with Crippen molar-refractivity contribution in [2.75, 3.05) is 10.5 Å². The lowest BCUT2D eigenvalue weighted by molar-refractivity contribution is 0.598. The maximum atomic E-state index is 12.1. The Morgan fingerprint density at radius 2 is 1.89 bits per heavy atom. The van der Waals surface area contributed by atoms with E-state index in [9.17, 15) is 8.42 Å². The highest BCUT2D eigenvalue weighted by Gasteiger charge is 2.19. The van der Waals surface area contributed by atoms with Gasteiger partial charge in [0.15, 0.2) is 5.03 Å². The van der Waals surface area contributed by atoms with Gasteiger partial charge < -0.3 is 5.73 Å². The molecule has 0 amide bonds. The average molecular weight is 375 g/mol. The molecular formula is C11H10IN3O2S. The van der Waals surface area contributed by atoms with Crippen LogP contribution in [0, 0.1) is 3.57 Å². The fraction of sp³-hybridized carbons (Fsp3) is 0. The van der Waals surface area contributed by atoms with E-state index in [1.807, 2.05) is 28.7 Å². The zero-order chi connectivity index (χ0) is 13.2. The molecule has 0 aliphatic rings. The largest absolute Gasteiger partial charge is 0.396 e. The van der Waals surface area contributed by atoms with Crippen LogP contribution in [0.1, 0.15) is 0 Å². The van der Waals surface area contributed by atoms with Gasteiger partial charge >= 0.3 is 0 Å². The molecule has 0 fully saturated rings. The number of nitrogens with zero attached hydrogens (tertiary/aromatic N) is 1. The summed E-state index contributed by atoms with van der Waals surface area (Å²) < 4.78 is 27.5. The monoisotopic (exact) mass is 375 g/mol. The number of benzene rings is 1. The maximum Gasteiger partial charge on any atom is 0.281 e. The first-order valence-electron chi connectivity index (χ1n) is 4.98. The van der Waals surface area contributed by atoms with Gasteiger partial charge in [-0.2, -0.15) is 8.42 Å². The molecule has 18 heavy (non-hydrogen) atoms. The number of aromatic nitrogens is 1. The molecule has 0 saturated carbocycles. The second kappa shape index (κ2) is 5.11. The van der Waals surface area contributed by atoms with E-state index in [-0.39, 0.29) is 10.7 Å². The summed E-state index contributed by atoms with van der Waals surface area (Å²) in [5, 5.41) is -0.162. The minimum absolute atomic E-state index is 0.121. The number of para-hydroxylation sites is 1. The lowest BCUT2D eigenvalue weighted by Gasteiger charge is -2.10. The summed E-state index contributed by atoms with van der Waals surface area (Å²) in [6.45, 7) is 0. The van der Waals surface area contributed by atoms with Crippen molar-refractivity contribution in [2.45, 2.75) is 5.03 Å². The van der Waals surface area contributed by atoms with E-state index < -0.39 is 10.0 Å². The summed E-state index contributed by atoms with van der Waals surface area (Å²) in [4.78, 5) is 3.80. The summed E-state index contributed by atoms with van der Waals surface area (Å²) in [6, 6.07) is 10.1. The van der Waals surface area contributed by atoms with Gasteiger partial charge in [0, 0.05) is 9.77 Å². The van der Waals surface area contributed by atoms with E-state index in [1.54, 1.807) is 24.3 Å². The molecule has 7 heteroatoms. The van der Waals surface area contributed by atoms with E-state index in [4.69, 9.17) is 5.73 Å². The van der Waals surface area contributed by atoms with E-state index in [2.05, 4.69) is 9.71 Å². The van der Waals surface area contributed by atoms with Crippen LogP contribution >= 0.6 is 22.6 Å². The molecule has 0 aliphatic heterocycles. The first-order chi connectivity index (χ1) is 8.50. The summed E-state index contributed by atoms with van der Waals surface area (Å²) in [7, 11) is -3.76. The standard InChI is InChI=1S/C11H10IN3O2S/c12-8-4-1-2-6-10(8)15-18(16,17)11-9(13)5-3-7-14-11/h1-7,15H,13H2. The van der Waals surface area contributed by atoms with Crippen LogP contribution in [0.4, 0.5) is 11.4 Å². The normalized spacial score (nSPS) is 11.2. The van der Waals surface area contributed by atoms with Crippen molar-refractivity contribution in [3.8, 4) is 0 Å². The lowest BCUT2D eigenvalue weighted by atomic mass is 10.3. The topological polar surface area (TPSA) is 85.1 Å². The second-order valence-electron chi connectivity index (χ2n) is 3.48. The van der Waals surface area contributed by atoms with Crippen molar-refractivity contribution in [2.24, 2.45) is 0 Å². The molecule has 94 valence electrons. The Morgan fingerprint density at radius 1 is 1.17 bits per heavy atom. The molecule has 0 aliphatic carbocycles. The van der Waals surface area contributed by atoms with Crippen LogP contribution in [-0.2, 0) is 10.0 Å². The van der Waals surface area contributed by atoms with Crippen LogP contribution in [-0.4, -0.2) is 13.4 Å². The Kier molecular flexibility index (Phi) is 3.71. The molecule has 0 unspecified atom stereocenters. The third-order valence-electron chi connectivity index (χ3n) is 2.17. The summed E-state index contributed by atoms with van der Waals surface area (Å²) in [6.07, 6.45) is 1.39. The predicted molar refractivity (Wildman–Crippen MR) is 78.6 cm³/mol. The van der Waals surface area contributed by atoms with E-state index in [0.29, 0.717) is 5.69 Å². The highest BCUT2D eigenvalue weighted by atomic mass is 127. The van der Waals surface area contributed by atoms with Crippen LogP contribution in [0.15, 0.2) is 47.6 Å². The Labute approximate surface area is 119 Å². The van der Waals surface area contributed by atoms with Crippen LogP contribution < -0.4 is 10.5 Å². The molecule has 1 aromatic carbocycles.